The van der Waals surface area contributed by atoms with Gasteiger partial charge < -0.3 is 10.1 Å². The zero-order valence-corrected chi connectivity index (χ0v) is 12.9. The molecule has 1 saturated carbocycles. The summed E-state index contributed by atoms with van der Waals surface area (Å²) in [6.07, 6.45) is 6.47. The molecule has 0 unspecified atom stereocenters. The summed E-state index contributed by atoms with van der Waals surface area (Å²) in [5, 5.41) is 3.43. The maximum atomic E-state index is 6.12. The predicted octanol–water partition coefficient (Wildman–Crippen LogP) is 3.93. The van der Waals surface area contributed by atoms with Gasteiger partial charge in [-0.25, -0.2) is 0 Å². The van der Waals surface area contributed by atoms with Crippen LogP contribution in [0.25, 0.3) is 0 Å². The Hall–Kier alpha value is -1.02. The lowest BCUT2D eigenvalue weighted by Gasteiger charge is -2.36. The first-order valence-electron chi connectivity index (χ1n) is 8.10. The first-order chi connectivity index (χ1) is 9.65. The average Bonchev–Trinajstić information content (AvgIpc) is 2.48. The summed E-state index contributed by atoms with van der Waals surface area (Å²) in [5.74, 6) is 1.95. The standard InChI is InChI=1S/C18H27NO/c1-14-5-8-18(2,9-6-14)13-20-17-4-3-15-7-10-19-12-16(15)11-17/h3-4,11,14,19H,5-10,12-13H2,1-2H3. The molecule has 2 aliphatic rings. The van der Waals surface area contributed by atoms with E-state index in [1.54, 1.807) is 0 Å². The third-order valence-electron chi connectivity index (χ3n) is 5.13. The van der Waals surface area contributed by atoms with Gasteiger partial charge in [0.2, 0.25) is 0 Å². The van der Waals surface area contributed by atoms with Gasteiger partial charge in [-0.1, -0.05) is 32.8 Å². The van der Waals surface area contributed by atoms with E-state index >= 15 is 0 Å². The lowest BCUT2D eigenvalue weighted by molar-refractivity contribution is 0.0981. The molecular formula is C18H27NO. The van der Waals surface area contributed by atoms with Crippen molar-refractivity contribution in [1.29, 1.82) is 0 Å². The Kier molecular flexibility index (Phi) is 4.02. The molecule has 2 nitrogen and oxygen atoms in total. The second-order valence-corrected chi connectivity index (χ2v) is 7.14. The van der Waals surface area contributed by atoms with Crippen molar-refractivity contribution in [1.82, 2.24) is 5.32 Å². The molecule has 1 fully saturated rings. The molecule has 1 aliphatic heterocycles. The Morgan fingerprint density at radius 2 is 2.05 bits per heavy atom. The van der Waals surface area contributed by atoms with E-state index < -0.39 is 0 Å². The fourth-order valence-electron chi connectivity index (χ4n) is 3.41. The van der Waals surface area contributed by atoms with Crippen LogP contribution < -0.4 is 10.1 Å². The molecular weight excluding hydrogens is 246 g/mol. The maximum Gasteiger partial charge on any atom is 0.119 e. The Labute approximate surface area is 122 Å². The van der Waals surface area contributed by atoms with Crippen molar-refractivity contribution in [2.45, 2.75) is 52.5 Å². The Morgan fingerprint density at radius 3 is 2.85 bits per heavy atom. The molecule has 0 aromatic heterocycles. The van der Waals surface area contributed by atoms with Crippen LogP contribution in [0.15, 0.2) is 18.2 Å². The van der Waals surface area contributed by atoms with E-state index in [0.717, 1.165) is 37.8 Å². The Balaban J connectivity index is 1.61. The van der Waals surface area contributed by atoms with Gasteiger partial charge in [0.15, 0.2) is 0 Å². The van der Waals surface area contributed by atoms with Crippen molar-refractivity contribution in [3.63, 3.8) is 0 Å². The Bertz CT molecular complexity index is 460. The summed E-state index contributed by atoms with van der Waals surface area (Å²) >= 11 is 0. The number of hydrogen-bond donors (Lipinski definition) is 1. The smallest absolute Gasteiger partial charge is 0.119 e. The van der Waals surface area contributed by atoms with Crippen molar-refractivity contribution in [2.24, 2.45) is 11.3 Å². The monoisotopic (exact) mass is 273 g/mol. The maximum absolute atomic E-state index is 6.12. The van der Waals surface area contributed by atoms with E-state index in [1.807, 2.05) is 0 Å². The van der Waals surface area contributed by atoms with Crippen LogP contribution in [-0.4, -0.2) is 13.2 Å². The lowest BCUT2D eigenvalue weighted by Crippen LogP contribution is -2.30. The highest BCUT2D eigenvalue weighted by Crippen LogP contribution is 2.38. The molecule has 110 valence electrons. The van der Waals surface area contributed by atoms with Crippen LogP contribution in [0.2, 0.25) is 0 Å². The van der Waals surface area contributed by atoms with Crippen molar-refractivity contribution in [2.75, 3.05) is 13.2 Å². The predicted molar refractivity (Wildman–Crippen MR) is 83.1 cm³/mol. The van der Waals surface area contributed by atoms with Gasteiger partial charge in [0.1, 0.15) is 5.75 Å². The van der Waals surface area contributed by atoms with Crippen LogP contribution in [0.4, 0.5) is 0 Å². The van der Waals surface area contributed by atoms with Gasteiger partial charge >= 0.3 is 0 Å². The van der Waals surface area contributed by atoms with Gasteiger partial charge in [0.25, 0.3) is 0 Å². The molecule has 1 heterocycles. The lowest BCUT2D eigenvalue weighted by atomic mass is 9.73. The summed E-state index contributed by atoms with van der Waals surface area (Å²) in [6, 6.07) is 6.63. The summed E-state index contributed by atoms with van der Waals surface area (Å²) < 4.78 is 6.12. The van der Waals surface area contributed by atoms with Crippen molar-refractivity contribution >= 4 is 0 Å². The van der Waals surface area contributed by atoms with E-state index in [2.05, 4.69) is 37.4 Å². The average molecular weight is 273 g/mol. The van der Waals surface area contributed by atoms with Crippen LogP contribution in [0, 0.1) is 11.3 Å². The molecule has 1 aromatic rings. The van der Waals surface area contributed by atoms with Gasteiger partial charge in [0, 0.05) is 12.0 Å². The molecule has 0 atom stereocenters. The molecule has 20 heavy (non-hydrogen) atoms. The van der Waals surface area contributed by atoms with Crippen LogP contribution in [0.1, 0.15) is 50.7 Å². The zero-order valence-electron chi connectivity index (χ0n) is 12.9. The highest BCUT2D eigenvalue weighted by Gasteiger charge is 2.30. The molecule has 1 N–H and O–H groups in total. The van der Waals surface area contributed by atoms with E-state index in [-0.39, 0.29) is 0 Å². The number of rotatable bonds is 3. The van der Waals surface area contributed by atoms with Gasteiger partial charge in [-0.2, -0.15) is 0 Å². The summed E-state index contributed by atoms with van der Waals surface area (Å²) in [5.41, 5.74) is 3.27. The normalized spacial score (nSPS) is 29.8. The largest absolute Gasteiger partial charge is 0.493 e. The number of fused-ring (bicyclic) bond motifs is 1. The Morgan fingerprint density at radius 1 is 1.25 bits per heavy atom. The topological polar surface area (TPSA) is 21.3 Å². The van der Waals surface area contributed by atoms with Crippen LogP contribution in [0.3, 0.4) is 0 Å². The third-order valence-corrected chi connectivity index (χ3v) is 5.13. The number of nitrogens with one attached hydrogen (secondary N) is 1. The molecule has 3 rings (SSSR count). The minimum atomic E-state index is 0.376. The minimum Gasteiger partial charge on any atom is -0.493 e. The van der Waals surface area contributed by atoms with E-state index in [0.29, 0.717) is 5.41 Å². The zero-order chi connectivity index (χ0) is 14.0. The number of hydrogen-bond acceptors (Lipinski definition) is 2. The fraction of sp³-hybridized carbons (Fsp3) is 0.667. The second-order valence-electron chi connectivity index (χ2n) is 7.14. The highest BCUT2D eigenvalue weighted by atomic mass is 16.5. The van der Waals surface area contributed by atoms with Gasteiger partial charge in [-0.05, 0) is 55.0 Å². The first kappa shape index (κ1) is 13.9. The van der Waals surface area contributed by atoms with E-state index in [4.69, 9.17) is 4.74 Å². The summed E-state index contributed by atoms with van der Waals surface area (Å²) in [4.78, 5) is 0. The van der Waals surface area contributed by atoms with Gasteiger partial charge in [-0.3, -0.25) is 0 Å². The van der Waals surface area contributed by atoms with Gasteiger partial charge in [-0.15, -0.1) is 0 Å². The molecule has 0 bridgehead atoms. The highest BCUT2D eigenvalue weighted by molar-refractivity contribution is 5.37. The van der Waals surface area contributed by atoms with Crippen LogP contribution in [0.5, 0.6) is 5.75 Å². The van der Waals surface area contributed by atoms with E-state index in [1.165, 1.54) is 36.8 Å². The minimum absolute atomic E-state index is 0.376. The SMILES string of the molecule is CC1CCC(C)(COc2ccc3c(c2)CNCC3)CC1. The van der Waals surface area contributed by atoms with Crippen LogP contribution in [-0.2, 0) is 13.0 Å². The van der Waals surface area contributed by atoms with E-state index in [9.17, 15) is 0 Å². The molecule has 0 radical (unpaired) electrons. The van der Waals surface area contributed by atoms with Gasteiger partial charge in [0.05, 0.1) is 6.61 Å². The molecule has 0 saturated heterocycles. The van der Waals surface area contributed by atoms with Crippen LogP contribution >= 0.6 is 0 Å². The number of benzene rings is 1. The summed E-state index contributed by atoms with van der Waals surface area (Å²) in [6.45, 7) is 7.71. The third kappa shape index (κ3) is 3.17. The van der Waals surface area contributed by atoms with Crippen molar-refractivity contribution in [3.05, 3.63) is 29.3 Å². The molecule has 2 heteroatoms. The number of ether oxygens (including phenoxy) is 1. The molecule has 1 aliphatic carbocycles. The molecule has 0 spiro atoms. The van der Waals surface area contributed by atoms with Crippen molar-refractivity contribution < 1.29 is 4.74 Å². The molecule has 1 aromatic carbocycles. The fourth-order valence-corrected chi connectivity index (χ4v) is 3.41. The van der Waals surface area contributed by atoms with Crippen molar-refractivity contribution in [3.8, 4) is 5.75 Å². The summed E-state index contributed by atoms with van der Waals surface area (Å²) in [7, 11) is 0. The quantitative estimate of drug-likeness (QED) is 0.901. The second kappa shape index (κ2) is 5.77. The first-order valence-corrected chi connectivity index (χ1v) is 8.10. The molecule has 0 amide bonds.